The summed E-state index contributed by atoms with van der Waals surface area (Å²) in [5.41, 5.74) is 8.58. The Kier molecular flexibility index (Phi) is 6.09. The number of hydrogen-bond acceptors (Lipinski definition) is 5. The van der Waals surface area contributed by atoms with Crippen molar-refractivity contribution in [2.75, 3.05) is 6.54 Å². The van der Waals surface area contributed by atoms with Crippen molar-refractivity contribution in [2.24, 2.45) is 16.6 Å². The normalized spacial score (nSPS) is 12.4. The maximum Gasteiger partial charge on any atom is 0.285 e. The molecule has 112 valence electrons. The molecule has 0 radical (unpaired) electrons. The summed E-state index contributed by atoms with van der Waals surface area (Å²) in [5.74, 6) is 4.12. The average molecular weight is 289 g/mol. The molecule has 2 amide bonds. The smallest absolute Gasteiger partial charge is 0.285 e. The maximum absolute atomic E-state index is 12.2. The fourth-order valence-electron chi connectivity index (χ4n) is 1.61. The van der Waals surface area contributed by atoms with Gasteiger partial charge in [-0.25, -0.2) is 5.84 Å². The number of amides is 2. The maximum atomic E-state index is 12.2. The number of nitrogens with one attached hydrogen (secondary N) is 2. The van der Waals surface area contributed by atoms with Gasteiger partial charge >= 0.3 is 0 Å². The van der Waals surface area contributed by atoms with E-state index in [4.69, 9.17) is 11.6 Å². The molecule has 0 fully saturated rings. The molecule has 7 heteroatoms. The van der Waals surface area contributed by atoms with Crippen LogP contribution in [0.5, 0.6) is 0 Å². The van der Waals surface area contributed by atoms with Crippen molar-refractivity contribution in [3.05, 3.63) is 47.3 Å². The molecular weight excluding hydrogens is 270 g/mol. The summed E-state index contributed by atoms with van der Waals surface area (Å²) in [6.45, 7) is 3.67. The predicted molar refractivity (Wildman–Crippen MR) is 81.1 cm³/mol. The molecule has 0 aromatic heterocycles. The van der Waals surface area contributed by atoms with Crippen LogP contribution >= 0.6 is 0 Å². The van der Waals surface area contributed by atoms with Crippen LogP contribution in [0.4, 0.5) is 0 Å². The average Bonchev–Trinajstić information content (AvgIpc) is 2.50. The van der Waals surface area contributed by atoms with Gasteiger partial charge in [-0.2, -0.15) is 0 Å². The Morgan fingerprint density at radius 1 is 1.24 bits per heavy atom. The first-order chi connectivity index (χ1) is 10.0. The second kappa shape index (κ2) is 7.81. The van der Waals surface area contributed by atoms with Crippen LogP contribution < -0.4 is 22.3 Å². The topological polar surface area (TPSA) is 123 Å². The molecule has 21 heavy (non-hydrogen) atoms. The lowest BCUT2D eigenvalue weighted by molar-refractivity contribution is -0.114. The van der Waals surface area contributed by atoms with Gasteiger partial charge in [0.15, 0.2) is 0 Å². The van der Waals surface area contributed by atoms with Gasteiger partial charge in [-0.3, -0.25) is 20.0 Å². The van der Waals surface area contributed by atoms with Crippen LogP contribution in [0.2, 0.25) is 0 Å². The van der Waals surface area contributed by atoms with Gasteiger partial charge in [0.25, 0.3) is 11.8 Å². The first-order valence-corrected chi connectivity index (χ1v) is 6.39. The molecule has 0 saturated carbocycles. The number of rotatable bonds is 5. The third-order valence-corrected chi connectivity index (χ3v) is 2.57. The van der Waals surface area contributed by atoms with Crippen molar-refractivity contribution >= 4 is 17.5 Å². The van der Waals surface area contributed by atoms with E-state index in [9.17, 15) is 9.59 Å². The Balaban J connectivity index is 3.09. The lowest BCUT2D eigenvalue weighted by Gasteiger charge is -2.13. The van der Waals surface area contributed by atoms with Crippen LogP contribution in [0, 0.1) is 0 Å². The largest absolute Gasteiger partial charge is 0.401 e. The second-order valence-corrected chi connectivity index (χ2v) is 4.17. The molecule has 0 atom stereocenters. The van der Waals surface area contributed by atoms with E-state index in [2.05, 4.69) is 10.3 Å². The molecule has 1 rings (SSSR count). The van der Waals surface area contributed by atoms with Crippen LogP contribution in [-0.4, -0.2) is 24.1 Å². The Hall–Kier alpha value is -2.67. The van der Waals surface area contributed by atoms with Crippen LogP contribution in [0.3, 0.4) is 0 Å². The predicted octanol–water partition coefficient (Wildman–Crippen LogP) is 0.0574. The molecule has 0 spiro atoms. The van der Waals surface area contributed by atoms with Gasteiger partial charge in [-0.1, -0.05) is 18.2 Å². The number of nitrogens with zero attached hydrogens (tertiary/aromatic N) is 1. The summed E-state index contributed by atoms with van der Waals surface area (Å²) in [4.78, 5) is 28.0. The van der Waals surface area contributed by atoms with Crippen molar-refractivity contribution in [1.82, 2.24) is 10.7 Å². The summed E-state index contributed by atoms with van der Waals surface area (Å²) in [5, 5.41) is 2.60. The SMILES string of the molecule is CCN=C(C(=O)NN)/C(NC(=O)c1ccccc1)=C(/C)N. The third kappa shape index (κ3) is 4.43. The number of hydrazine groups is 1. The number of aliphatic imine (C=N–C) groups is 1. The number of allylic oxidation sites excluding steroid dienone is 1. The molecule has 7 nitrogen and oxygen atoms in total. The molecule has 0 heterocycles. The number of carbonyl (C=O) groups excluding carboxylic acids is 2. The molecule has 1 aromatic rings. The van der Waals surface area contributed by atoms with E-state index in [1.807, 2.05) is 5.43 Å². The first kappa shape index (κ1) is 16.4. The zero-order valence-electron chi connectivity index (χ0n) is 12.0. The minimum absolute atomic E-state index is 0.00992. The van der Waals surface area contributed by atoms with E-state index >= 15 is 0 Å². The van der Waals surface area contributed by atoms with Crippen molar-refractivity contribution in [3.8, 4) is 0 Å². The first-order valence-electron chi connectivity index (χ1n) is 6.39. The minimum atomic E-state index is -0.620. The van der Waals surface area contributed by atoms with Crippen LogP contribution in [0.25, 0.3) is 0 Å². The second-order valence-electron chi connectivity index (χ2n) is 4.17. The summed E-state index contributed by atoms with van der Waals surface area (Å²) in [7, 11) is 0. The molecule has 1 aromatic carbocycles. The van der Waals surface area contributed by atoms with Crippen molar-refractivity contribution in [3.63, 3.8) is 0 Å². The van der Waals surface area contributed by atoms with E-state index in [-0.39, 0.29) is 23.0 Å². The lowest BCUT2D eigenvalue weighted by atomic mass is 10.1. The monoisotopic (exact) mass is 289 g/mol. The highest BCUT2D eigenvalue weighted by atomic mass is 16.2. The van der Waals surface area contributed by atoms with Crippen molar-refractivity contribution in [1.29, 1.82) is 0 Å². The highest BCUT2D eigenvalue weighted by Gasteiger charge is 2.20. The molecule has 0 aliphatic heterocycles. The van der Waals surface area contributed by atoms with E-state index in [0.717, 1.165) is 0 Å². The molecule has 0 aliphatic rings. The van der Waals surface area contributed by atoms with E-state index in [1.165, 1.54) is 0 Å². The van der Waals surface area contributed by atoms with E-state index in [1.54, 1.807) is 44.2 Å². The number of benzene rings is 1. The molecule has 0 saturated heterocycles. The van der Waals surface area contributed by atoms with Gasteiger partial charge < -0.3 is 11.1 Å². The molecular formula is C14H19N5O2. The Bertz CT molecular complexity index is 574. The highest BCUT2D eigenvalue weighted by molar-refractivity contribution is 6.45. The van der Waals surface area contributed by atoms with E-state index in [0.29, 0.717) is 12.1 Å². The number of carbonyl (C=O) groups is 2. The fraction of sp³-hybridized carbons (Fsp3) is 0.214. The summed E-state index contributed by atoms with van der Waals surface area (Å²) < 4.78 is 0. The fourth-order valence-corrected chi connectivity index (χ4v) is 1.61. The van der Waals surface area contributed by atoms with Gasteiger partial charge in [0.1, 0.15) is 5.71 Å². The van der Waals surface area contributed by atoms with Crippen LogP contribution in [0.15, 0.2) is 46.7 Å². The molecule has 6 N–H and O–H groups in total. The van der Waals surface area contributed by atoms with Gasteiger partial charge in [0.05, 0.1) is 5.70 Å². The summed E-state index contributed by atoms with van der Waals surface area (Å²) >= 11 is 0. The minimum Gasteiger partial charge on any atom is -0.401 e. The van der Waals surface area contributed by atoms with Crippen molar-refractivity contribution in [2.45, 2.75) is 13.8 Å². The zero-order chi connectivity index (χ0) is 15.8. The quantitative estimate of drug-likeness (QED) is 0.265. The van der Waals surface area contributed by atoms with Gasteiger partial charge in [-0.05, 0) is 26.0 Å². The third-order valence-electron chi connectivity index (χ3n) is 2.57. The van der Waals surface area contributed by atoms with Crippen LogP contribution in [0.1, 0.15) is 24.2 Å². The number of nitrogens with two attached hydrogens (primary N) is 2. The Labute approximate surface area is 123 Å². The standard InChI is InChI=1S/C14H19N5O2/c1-3-17-12(14(21)19-16)11(9(2)15)18-13(20)10-7-5-4-6-8-10/h4-8H,3,15-16H2,1-2H3,(H,18,20)(H,19,21)/b11-9+,17-12?. The number of hydrogen-bond donors (Lipinski definition) is 4. The zero-order valence-corrected chi connectivity index (χ0v) is 12.0. The van der Waals surface area contributed by atoms with Crippen LogP contribution in [-0.2, 0) is 4.79 Å². The Morgan fingerprint density at radius 2 is 1.86 bits per heavy atom. The van der Waals surface area contributed by atoms with E-state index < -0.39 is 5.91 Å². The molecule has 0 bridgehead atoms. The Morgan fingerprint density at radius 3 is 2.33 bits per heavy atom. The summed E-state index contributed by atoms with van der Waals surface area (Å²) in [6, 6.07) is 8.58. The molecule has 0 unspecified atom stereocenters. The van der Waals surface area contributed by atoms with Gasteiger partial charge in [0, 0.05) is 17.8 Å². The summed E-state index contributed by atoms with van der Waals surface area (Å²) in [6.07, 6.45) is 0. The van der Waals surface area contributed by atoms with Crippen molar-refractivity contribution < 1.29 is 9.59 Å². The lowest BCUT2D eigenvalue weighted by Crippen LogP contribution is -2.42. The molecule has 0 aliphatic carbocycles. The van der Waals surface area contributed by atoms with Gasteiger partial charge in [-0.15, -0.1) is 0 Å². The highest BCUT2D eigenvalue weighted by Crippen LogP contribution is 2.04. The van der Waals surface area contributed by atoms with Gasteiger partial charge in [0.2, 0.25) is 0 Å².